The van der Waals surface area contributed by atoms with Gasteiger partial charge in [0.2, 0.25) is 11.8 Å². The Morgan fingerprint density at radius 3 is 2.30 bits per heavy atom. The molecule has 2 aliphatic rings. The lowest BCUT2D eigenvalue weighted by molar-refractivity contribution is -0.276. The van der Waals surface area contributed by atoms with Crippen LogP contribution in [0.15, 0.2) is 72.8 Å². The minimum absolute atomic E-state index is 0.0180. The van der Waals surface area contributed by atoms with E-state index in [-0.39, 0.29) is 36.5 Å². The molecule has 0 aromatic heterocycles. The summed E-state index contributed by atoms with van der Waals surface area (Å²) in [5, 5.41) is 15.4. The van der Waals surface area contributed by atoms with Gasteiger partial charge in [-0.15, -0.1) is 0 Å². The van der Waals surface area contributed by atoms with Crippen molar-refractivity contribution in [1.82, 2.24) is 15.5 Å². The van der Waals surface area contributed by atoms with Gasteiger partial charge in [0.05, 0.1) is 18.8 Å². The summed E-state index contributed by atoms with van der Waals surface area (Å²) in [7, 11) is 0. The number of carbonyl (C=O) groups excluding carboxylic acids is 2. The Labute approximate surface area is 279 Å². The highest BCUT2D eigenvalue weighted by atomic mass is 16.7. The molecular weight excluding hydrogens is 590 g/mol. The molecule has 4 atom stereocenters. The predicted octanol–water partition coefficient (Wildman–Crippen LogP) is 6.44. The first-order valence-electron chi connectivity index (χ1n) is 17.3. The SMILES string of the molecule is CC(=O)NCCCCCC(=O)NCc1cccc(-c2ccc([C@H]3O[C@@H](CN4CCCCC4)[C@@H](C)[C@@H](c4ccc(CO)cc4)O3)cc2)c1. The van der Waals surface area contributed by atoms with E-state index in [1.54, 1.807) is 0 Å². The number of unbranched alkanes of at least 4 members (excludes halogenated alkanes) is 2. The van der Waals surface area contributed by atoms with Crippen molar-refractivity contribution in [3.05, 3.63) is 95.1 Å². The van der Waals surface area contributed by atoms with Gasteiger partial charge in [0.15, 0.2) is 6.29 Å². The Balaban J connectivity index is 1.21. The summed E-state index contributed by atoms with van der Waals surface area (Å²) in [6, 6.07) is 24.8. The Kier molecular flexibility index (Phi) is 13.0. The third-order valence-electron chi connectivity index (χ3n) is 9.40. The van der Waals surface area contributed by atoms with Crippen molar-refractivity contribution in [2.45, 2.75) is 90.4 Å². The first-order valence-corrected chi connectivity index (χ1v) is 17.3. The minimum Gasteiger partial charge on any atom is -0.392 e. The molecule has 0 bridgehead atoms. The van der Waals surface area contributed by atoms with Gasteiger partial charge in [-0.25, -0.2) is 0 Å². The summed E-state index contributed by atoms with van der Waals surface area (Å²) in [5.41, 5.74) is 6.21. The summed E-state index contributed by atoms with van der Waals surface area (Å²) >= 11 is 0. The van der Waals surface area contributed by atoms with E-state index in [0.717, 1.165) is 72.3 Å². The highest BCUT2D eigenvalue weighted by molar-refractivity contribution is 5.76. The van der Waals surface area contributed by atoms with E-state index in [1.165, 1.54) is 26.2 Å². The van der Waals surface area contributed by atoms with Crippen LogP contribution < -0.4 is 10.6 Å². The van der Waals surface area contributed by atoms with Crippen LogP contribution in [0, 0.1) is 5.92 Å². The summed E-state index contributed by atoms with van der Waals surface area (Å²) in [6.45, 7) is 8.04. The summed E-state index contributed by atoms with van der Waals surface area (Å²) < 4.78 is 13.4. The fourth-order valence-corrected chi connectivity index (χ4v) is 6.56. The van der Waals surface area contributed by atoms with Crippen LogP contribution in [0.5, 0.6) is 0 Å². The van der Waals surface area contributed by atoms with Crippen molar-refractivity contribution in [2.75, 3.05) is 26.2 Å². The molecule has 0 aliphatic carbocycles. The van der Waals surface area contributed by atoms with Crippen LogP contribution in [-0.4, -0.2) is 54.1 Å². The molecule has 0 unspecified atom stereocenters. The standard InChI is InChI=1S/C39H51N3O5/c1-28-36(26-42-22-7-4-8-23-42)46-39(47-38(28)33-15-13-30(27-43)14-16-33)34-19-17-32(18-20-34)35-11-9-10-31(24-35)25-41-37(45)12-5-3-6-21-40-29(2)44/h9-11,13-20,24,28,36,38-39,43H,3-8,12,21-23,25-27H2,1-2H3,(H,40,44)(H,41,45)/t28-,36+,38+,39+/m1/s1. The van der Waals surface area contributed by atoms with Crippen LogP contribution >= 0.6 is 0 Å². The van der Waals surface area contributed by atoms with Gasteiger partial charge in [0.25, 0.3) is 0 Å². The maximum atomic E-state index is 12.4. The van der Waals surface area contributed by atoms with E-state index in [4.69, 9.17) is 9.47 Å². The van der Waals surface area contributed by atoms with Crippen molar-refractivity contribution in [3.8, 4) is 11.1 Å². The number of hydrogen-bond acceptors (Lipinski definition) is 6. The maximum absolute atomic E-state index is 12.4. The number of piperidine rings is 1. The molecule has 0 saturated carbocycles. The number of aliphatic hydroxyl groups excluding tert-OH is 1. The van der Waals surface area contributed by atoms with E-state index in [9.17, 15) is 14.7 Å². The second kappa shape index (κ2) is 17.6. The zero-order valence-electron chi connectivity index (χ0n) is 28.0. The van der Waals surface area contributed by atoms with Gasteiger partial charge < -0.3 is 30.1 Å². The van der Waals surface area contributed by atoms with E-state index >= 15 is 0 Å². The van der Waals surface area contributed by atoms with Crippen molar-refractivity contribution in [1.29, 1.82) is 0 Å². The second-order valence-corrected chi connectivity index (χ2v) is 13.1. The van der Waals surface area contributed by atoms with E-state index < -0.39 is 6.29 Å². The lowest BCUT2D eigenvalue weighted by atomic mass is 9.89. The molecule has 0 spiro atoms. The lowest BCUT2D eigenvalue weighted by Crippen LogP contribution is -2.45. The van der Waals surface area contributed by atoms with Gasteiger partial charge in [-0.2, -0.15) is 0 Å². The smallest absolute Gasteiger partial charge is 0.220 e. The number of rotatable bonds is 14. The van der Waals surface area contributed by atoms with Crippen LogP contribution in [0.1, 0.15) is 93.4 Å². The average Bonchev–Trinajstić information content (AvgIpc) is 3.10. The van der Waals surface area contributed by atoms with Gasteiger partial charge in [-0.1, -0.05) is 86.5 Å². The monoisotopic (exact) mass is 641 g/mol. The zero-order valence-corrected chi connectivity index (χ0v) is 28.0. The van der Waals surface area contributed by atoms with Crippen LogP contribution in [0.3, 0.4) is 0 Å². The third kappa shape index (κ3) is 10.2. The van der Waals surface area contributed by atoms with Crippen LogP contribution in [0.4, 0.5) is 0 Å². The molecule has 47 heavy (non-hydrogen) atoms. The molecule has 3 aromatic rings. The van der Waals surface area contributed by atoms with Crippen molar-refractivity contribution < 1.29 is 24.2 Å². The number of amides is 2. The number of hydrogen-bond donors (Lipinski definition) is 3. The highest BCUT2D eigenvalue weighted by Crippen LogP contribution is 2.42. The van der Waals surface area contributed by atoms with Gasteiger partial charge >= 0.3 is 0 Å². The molecule has 2 fully saturated rings. The molecule has 8 heteroatoms. The number of likely N-dealkylation sites (tertiary alicyclic amines) is 1. The number of nitrogens with one attached hydrogen (secondary N) is 2. The first-order chi connectivity index (χ1) is 22.9. The molecular formula is C39H51N3O5. The van der Waals surface area contributed by atoms with Crippen LogP contribution in [0.2, 0.25) is 0 Å². The van der Waals surface area contributed by atoms with Crippen LogP contribution in [0.25, 0.3) is 11.1 Å². The molecule has 2 aliphatic heterocycles. The maximum Gasteiger partial charge on any atom is 0.220 e. The molecule has 2 heterocycles. The number of nitrogens with zero attached hydrogens (tertiary/aromatic N) is 1. The molecule has 2 amide bonds. The molecule has 8 nitrogen and oxygen atoms in total. The quantitative estimate of drug-likeness (QED) is 0.175. The Bertz CT molecular complexity index is 1420. The first kappa shape index (κ1) is 34.8. The number of aliphatic hydroxyl groups is 1. The van der Waals surface area contributed by atoms with Gasteiger partial charge in [0, 0.05) is 44.5 Å². The molecule has 3 aromatic carbocycles. The van der Waals surface area contributed by atoms with Gasteiger partial charge in [-0.3, -0.25) is 9.59 Å². The average molecular weight is 642 g/mol. The minimum atomic E-state index is -0.482. The molecule has 0 radical (unpaired) electrons. The topological polar surface area (TPSA) is 100 Å². The predicted molar refractivity (Wildman–Crippen MR) is 184 cm³/mol. The zero-order chi connectivity index (χ0) is 33.0. The number of benzene rings is 3. The number of carbonyl (C=O) groups is 2. The summed E-state index contributed by atoms with van der Waals surface area (Å²) in [6.07, 6.45) is 6.29. The summed E-state index contributed by atoms with van der Waals surface area (Å²) in [4.78, 5) is 25.9. The summed E-state index contributed by atoms with van der Waals surface area (Å²) in [5.74, 6) is 0.198. The van der Waals surface area contributed by atoms with Crippen molar-refractivity contribution >= 4 is 11.8 Å². The Hall–Kier alpha value is -3.56. The Morgan fingerprint density at radius 1 is 0.830 bits per heavy atom. The highest BCUT2D eigenvalue weighted by Gasteiger charge is 2.39. The Morgan fingerprint density at radius 2 is 1.57 bits per heavy atom. The largest absolute Gasteiger partial charge is 0.392 e. The van der Waals surface area contributed by atoms with Gasteiger partial charge in [0.1, 0.15) is 0 Å². The van der Waals surface area contributed by atoms with Crippen molar-refractivity contribution in [2.24, 2.45) is 5.92 Å². The third-order valence-corrected chi connectivity index (χ3v) is 9.40. The second-order valence-electron chi connectivity index (χ2n) is 13.1. The fourth-order valence-electron chi connectivity index (χ4n) is 6.56. The normalized spacial score (nSPS) is 21.7. The lowest BCUT2D eigenvalue weighted by Gasteiger charge is -2.43. The van der Waals surface area contributed by atoms with Crippen LogP contribution in [-0.2, 0) is 32.2 Å². The van der Waals surface area contributed by atoms with Crippen molar-refractivity contribution in [3.63, 3.8) is 0 Å². The molecule has 5 rings (SSSR count). The fraction of sp³-hybridized carbons (Fsp3) is 0.487. The van der Waals surface area contributed by atoms with E-state index in [1.807, 2.05) is 24.3 Å². The van der Waals surface area contributed by atoms with E-state index in [2.05, 4.69) is 71.0 Å². The molecule has 3 N–H and O–H groups in total. The number of ether oxygens (including phenoxy) is 2. The molecule has 2 saturated heterocycles. The van der Waals surface area contributed by atoms with E-state index in [0.29, 0.717) is 19.5 Å². The molecule has 252 valence electrons. The van der Waals surface area contributed by atoms with Gasteiger partial charge in [-0.05, 0) is 72.7 Å².